The Labute approximate surface area is 226 Å². The van der Waals surface area contributed by atoms with Crippen LogP contribution in [0.5, 0.6) is 0 Å². The van der Waals surface area contributed by atoms with Gasteiger partial charge in [0, 0.05) is 28.8 Å². The van der Waals surface area contributed by atoms with E-state index < -0.39 is 0 Å². The van der Waals surface area contributed by atoms with E-state index in [1.807, 2.05) is 0 Å². The quantitative estimate of drug-likeness (QED) is 0.223. The largest absolute Gasteiger partial charge is 0.295 e. The topological polar surface area (TPSA) is 21.7 Å². The van der Waals surface area contributed by atoms with Crippen LogP contribution < -0.4 is 4.57 Å². The molecule has 0 bridgehead atoms. The molecule has 3 heteroatoms. The molecule has 0 aliphatic heterocycles. The number of aromatic nitrogens is 3. The van der Waals surface area contributed by atoms with Crippen molar-refractivity contribution in [2.24, 2.45) is 7.05 Å². The van der Waals surface area contributed by atoms with E-state index in [2.05, 4.69) is 125 Å². The molecule has 0 atom stereocenters. The van der Waals surface area contributed by atoms with Crippen LogP contribution in [0, 0.1) is 20.8 Å². The van der Waals surface area contributed by atoms with E-state index in [0.29, 0.717) is 11.8 Å². The Morgan fingerprint density at radius 3 is 2.13 bits per heavy atom. The van der Waals surface area contributed by atoms with Gasteiger partial charge in [-0.25, -0.2) is 4.57 Å². The Bertz CT molecular complexity index is 1700. The van der Waals surface area contributed by atoms with Gasteiger partial charge in [-0.1, -0.05) is 69.7 Å². The maximum absolute atomic E-state index is 4.89. The SMILES string of the molecule is Cc1cc(C(C)C)c(-n2c(-c3ccccc3C)[n+](C)c3cc4c(cc32)Cc2nc(C)ccc2-4)c(C(C)C)c1. The molecule has 6 rings (SSSR count). The second kappa shape index (κ2) is 8.94. The van der Waals surface area contributed by atoms with Crippen molar-refractivity contribution < 1.29 is 4.57 Å². The van der Waals surface area contributed by atoms with Gasteiger partial charge in [-0.3, -0.25) is 4.98 Å². The predicted molar refractivity (Wildman–Crippen MR) is 158 cm³/mol. The zero-order chi connectivity index (χ0) is 26.9. The van der Waals surface area contributed by atoms with Crippen LogP contribution in [0.4, 0.5) is 0 Å². The molecule has 0 N–H and O–H groups in total. The van der Waals surface area contributed by atoms with E-state index in [1.54, 1.807) is 0 Å². The number of rotatable bonds is 4. The summed E-state index contributed by atoms with van der Waals surface area (Å²) in [6.45, 7) is 15.8. The van der Waals surface area contributed by atoms with Crippen molar-refractivity contribution in [1.82, 2.24) is 9.55 Å². The monoisotopic (exact) mass is 500 g/mol. The second-order valence-corrected chi connectivity index (χ2v) is 11.8. The van der Waals surface area contributed by atoms with Crippen molar-refractivity contribution in [2.75, 3.05) is 0 Å². The minimum atomic E-state index is 0.403. The molecular formula is C35H38N3+. The highest BCUT2D eigenvalue weighted by Crippen LogP contribution is 2.42. The van der Waals surface area contributed by atoms with E-state index in [-0.39, 0.29) is 0 Å². The molecule has 1 aliphatic rings. The van der Waals surface area contributed by atoms with Crippen molar-refractivity contribution in [2.45, 2.75) is 66.7 Å². The molecule has 0 saturated carbocycles. The van der Waals surface area contributed by atoms with E-state index in [0.717, 1.165) is 12.1 Å². The Balaban J connectivity index is 1.78. The van der Waals surface area contributed by atoms with Gasteiger partial charge < -0.3 is 0 Å². The average Bonchev–Trinajstić information content (AvgIpc) is 3.36. The molecule has 2 aromatic heterocycles. The first-order chi connectivity index (χ1) is 18.2. The fraction of sp³-hybridized carbons (Fsp3) is 0.314. The normalized spacial score (nSPS) is 12.6. The molecule has 0 spiro atoms. The molecule has 5 aromatic rings. The van der Waals surface area contributed by atoms with Crippen LogP contribution in [0.2, 0.25) is 0 Å². The highest BCUT2D eigenvalue weighted by Gasteiger charge is 2.33. The van der Waals surface area contributed by atoms with Gasteiger partial charge in [0.1, 0.15) is 5.69 Å². The average molecular weight is 501 g/mol. The first kappa shape index (κ1) is 24.6. The molecular weight excluding hydrogens is 462 g/mol. The van der Waals surface area contributed by atoms with Crippen molar-refractivity contribution >= 4 is 11.0 Å². The Morgan fingerprint density at radius 1 is 0.789 bits per heavy atom. The van der Waals surface area contributed by atoms with Crippen LogP contribution in [-0.2, 0) is 13.5 Å². The molecule has 0 fully saturated rings. The Morgan fingerprint density at radius 2 is 1.47 bits per heavy atom. The lowest BCUT2D eigenvalue weighted by Crippen LogP contribution is -2.30. The van der Waals surface area contributed by atoms with Gasteiger partial charge in [-0.05, 0) is 73.6 Å². The zero-order valence-corrected chi connectivity index (χ0v) is 24.0. The van der Waals surface area contributed by atoms with Gasteiger partial charge in [0.2, 0.25) is 0 Å². The first-order valence-electron chi connectivity index (χ1n) is 13.9. The lowest BCUT2D eigenvalue weighted by atomic mass is 9.90. The number of hydrogen-bond donors (Lipinski definition) is 0. The van der Waals surface area contributed by atoms with E-state index in [9.17, 15) is 0 Å². The standard InChI is InChI=1S/C35H38N3/c1-20(2)28-15-22(5)16-29(21(3)4)34(28)38-33-18-25-17-31-27(14-13-24(7)36-31)30(25)19-32(33)37(8)35(38)26-12-10-9-11-23(26)6/h9-16,18-21H,17H2,1-8H3/q+1. The molecule has 192 valence electrons. The zero-order valence-electron chi connectivity index (χ0n) is 24.0. The highest BCUT2D eigenvalue weighted by atomic mass is 15.2. The third-order valence-corrected chi connectivity index (χ3v) is 8.26. The second-order valence-electron chi connectivity index (χ2n) is 11.8. The summed E-state index contributed by atoms with van der Waals surface area (Å²) >= 11 is 0. The summed E-state index contributed by atoms with van der Waals surface area (Å²) in [5.74, 6) is 2.04. The molecule has 3 aromatic carbocycles. The molecule has 2 heterocycles. The van der Waals surface area contributed by atoms with Gasteiger partial charge in [0.25, 0.3) is 5.82 Å². The van der Waals surface area contributed by atoms with Crippen LogP contribution in [0.25, 0.3) is 39.2 Å². The summed E-state index contributed by atoms with van der Waals surface area (Å²) in [6.07, 6.45) is 0.888. The lowest BCUT2D eigenvalue weighted by molar-refractivity contribution is -0.633. The minimum Gasteiger partial charge on any atom is -0.257 e. The Kier molecular flexibility index (Phi) is 5.79. The van der Waals surface area contributed by atoms with Crippen LogP contribution in [-0.4, -0.2) is 9.55 Å². The fourth-order valence-electron chi connectivity index (χ4n) is 6.34. The van der Waals surface area contributed by atoms with Gasteiger partial charge in [0.05, 0.1) is 18.3 Å². The minimum absolute atomic E-state index is 0.403. The number of imidazole rings is 1. The summed E-state index contributed by atoms with van der Waals surface area (Å²) in [7, 11) is 2.23. The van der Waals surface area contributed by atoms with Gasteiger partial charge in [-0.2, -0.15) is 4.57 Å². The van der Waals surface area contributed by atoms with Crippen molar-refractivity contribution in [3.8, 4) is 28.2 Å². The fourth-order valence-corrected chi connectivity index (χ4v) is 6.34. The van der Waals surface area contributed by atoms with Crippen molar-refractivity contribution in [3.05, 3.63) is 99.9 Å². The van der Waals surface area contributed by atoms with Crippen LogP contribution in [0.15, 0.2) is 60.7 Å². The number of nitrogens with zero attached hydrogens (tertiary/aromatic N) is 3. The van der Waals surface area contributed by atoms with E-state index >= 15 is 0 Å². The number of pyridine rings is 1. The van der Waals surface area contributed by atoms with Gasteiger partial charge >= 0.3 is 0 Å². The molecule has 0 amide bonds. The maximum atomic E-state index is 4.89. The van der Waals surface area contributed by atoms with Crippen molar-refractivity contribution in [3.63, 3.8) is 0 Å². The first-order valence-corrected chi connectivity index (χ1v) is 13.9. The Hall–Kier alpha value is -3.72. The number of aryl methyl sites for hydroxylation is 4. The summed E-state index contributed by atoms with van der Waals surface area (Å²) < 4.78 is 4.98. The van der Waals surface area contributed by atoms with E-state index in [1.165, 1.54) is 72.7 Å². The summed E-state index contributed by atoms with van der Waals surface area (Å²) in [5.41, 5.74) is 16.8. The van der Waals surface area contributed by atoms with E-state index in [4.69, 9.17) is 4.98 Å². The van der Waals surface area contributed by atoms with Crippen LogP contribution in [0.1, 0.15) is 78.7 Å². The maximum Gasteiger partial charge on any atom is 0.295 e. The third-order valence-electron chi connectivity index (χ3n) is 8.26. The van der Waals surface area contributed by atoms with Crippen LogP contribution >= 0.6 is 0 Å². The van der Waals surface area contributed by atoms with Crippen LogP contribution in [0.3, 0.4) is 0 Å². The number of benzene rings is 3. The van der Waals surface area contributed by atoms with Gasteiger partial charge in [-0.15, -0.1) is 0 Å². The predicted octanol–water partition coefficient (Wildman–Crippen LogP) is 8.26. The number of hydrogen-bond acceptors (Lipinski definition) is 1. The molecule has 0 saturated heterocycles. The lowest BCUT2D eigenvalue weighted by Gasteiger charge is -2.20. The summed E-state index contributed by atoms with van der Waals surface area (Å²) in [4.78, 5) is 4.89. The number of fused-ring (bicyclic) bond motifs is 4. The van der Waals surface area contributed by atoms with Gasteiger partial charge in [0.15, 0.2) is 11.0 Å². The molecule has 3 nitrogen and oxygen atoms in total. The molecule has 0 radical (unpaired) electrons. The molecule has 0 unspecified atom stereocenters. The third kappa shape index (κ3) is 3.71. The smallest absolute Gasteiger partial charge is 0.257 e. The van der Waals surface area contributed by atoms with Crippen molar-refractivity contribution in [1.29, 1.82) is 0 Å². The summed E-state index contributed by atoms with van der Waals surface area (Å²) in [5, 5.41) is 0. The highest BCUT2D eigenvalue weighted by molar-refractivity contribution is 5.89. The summed E-state index contributed by atoms with van der Waals surface area (Å²) in [6, 6.07) is 22.8. The molecule has 1 aliphatic carbocycles. The molecule has 38 heavy (non-hydrogen) atoms.